The molecule has 0 atom stereocenters. The van der Waals surface area contributed by atoms with Crippen molar-refractivity contribution in [3.63, 3.8) is 0 Å². The maximum Gasteiger partial charge on any atom is 0.281 e. The molecule has 0 bridgehead atoms. The van der Waals surface area contributed by atoms with Crippen LogP contribution < -0.4 is 20.9 Å². The maximum atomic E-state index is 13.9. The van der Waals surface area contributed by atoms with Crippen molar-refractivity contribution in [3.05, 3.63) is 24.5 Å². The van der Waals surface area contributed by atoms with E-state index in [2.05, 4.69) is 36.7 Å². The molecular formula is C27H37F2N11O3. The molecule has 2 aromatic heterocycles. The largest absolute Gasteiger partial charge is 0.378 e. The summed E-state index contributed by atoms with van der Waals surface area (Å²) in [5.74, 6) is 0.406. The number of nitrogens with two attached hydrogens (primary N) is 1. The standard InChI is InChI=1S/C27H37F2N11O3/c1-2-20(41)38-6-3-18(4-7-38)24(42)31-5-8-37-9-11-39(12-10-37)26-34-23(19-17-32-25(30)33-21(19)22(28)29)35-27(36-26)40-13-15-43-16-14-40/h2,17-18,22H,1,3-16H2,(H,31,42)(H2,30,32,33). The number of likely N-dealkylation sites (tertiary alicyclic amines) is 1. The van der Waals surface area contributed by atoms with Gasteiger partial charge in [0.15, 0.2) is 5.82 Å². The van der Waals surface area contributed by atoms with Crippen molar-refractivity contribution in [1.82, 2.24) is 40.0 Å². The first-order valence-electron chi connectivity index (χ1n) is 14.5. The molecule has 3 aliphatic rings. The number of aromatic nitrogens is 5. The third-order valence-electron chi connectivity index (χ3n) is 7.92. The highest BCUT2D eigenvalue weighted by Gasteiger charge is 2.28. The Morgan fingerprint density at radius 2 is 1.65 bits per heavy atom. The van der Waals surface area contributed by atoms with E-state index in [1.54, 1.807) is 4.90 Å². The molecule has 5 rings (SSSR count). The second-order valence-corrected chi connectivity index (χ2v) is 10.6. The summed E-state index contributed by atoms with van der Waals surface area (Å²) in [5, 5.41) is 3.04. The highest BCUT2D eigenvalue weighted by atomic mass is 19.3. The summed E-state index contributed by atoms with van der Waals surface area (Å²) < 4.78 is 33.2. The van der Waals surface area contributed by atoms with Crippen LogP contribution in [0.2, 0.25) is 0 Å². The fraction of sp³-hybridized carbons (Fsp3) is 0.593. The quantitative estimate of drug-likeness (QED) is 0.381. The molecule has 0 saturated carbocycles. The van der Waals surface area contributed by atoms with E-state index in [0.717, 1.165) is 0 Å². The van der Waals surface area contributed by atoms with Crippen molar-refractivity contribution >= 4 is 29.7 Å². The average Bonchev–Trinajstić information content (AvgIpc) is 3.04. The number of halogens is 2. The number of carbonyl (C=O) groups excluding carboxylic acids is 2. The lowest BCUT2D eigenvalue weighted by atomic mass is 9.96. The molecule has 0 spiro atoms. The van der Waals surface area contributed by atoms with Gasteiger partial charge in [-0.2, -0.15) is 15.0 Å². The van der Waals surface area contributed by atoms with Gasteiger partial charge in [0.25, 0.3) is 6.43 Å². The smallest absolute Gasteiger partial charge is 0.281 e. The van der Waals surface area contributed by atoms with Crippen LogP contribution in [0.3, 0.4) is 0 Å². The molecule has 232 valence electrons. The van der Waals surface area contributed by atoms with E-state index >= 15 is 0 Å². The lowest BCUT2D eigenvalue weighted by Crippen LogP contribution is -2.49. The predicted molar refractivity (Wildman–Crippen MR) is 154 cm³/mol. The minimum absolute atomic E-state index is 0.00900. The summed E-state index contributed by atoms with van der Waals surface area (Å²) in [5.41, 5.74) is 5.06. The van der Waals surface area contributed by atoms with E-state index < -0.39 is 12.1 Å². The first-order chi connectivity index (χ1) is 20.8. The van der Waals surface area contributed by atoms with E-state index in [4.69, 9.17) is 15.5 Å². The molecule has 43 heavy (non-hydrogen) atoms. The van der Waals surface area contributed by atoms with Gasteiger partial charge in [-0.15, -0.1) is 0 Å². The van der Waals surface area contributed by atoms with Crippen LogP contribution >= 0.6 is 0 Å². The third kappa shape index (κ3) is 7.48. The number of anilines is 3. The molecule has 16 heteroatoms. The normalized spacial score (nSPS) is 18.6. The third-order valence-corrected chi connectivity index (χ3v) is 7.92. The number of nitrogen functional groups attached to an aromatic ring is 1. The first-order valence-corrected chi connectivity index (χ1v) is 14.5. The van der Waals surface area contributed by atoms with Crippen LogP contribution in [0.1, 0.15) is 25.0 Å². The average molecular weight is 602 g/mol. The number of piperazine rings is 1. The zero-order valence-electron chi connectivity index (χ0n) is 24.0. The van der Waals surface area contributed by atoms with Crippen LogP contribution in [0, 0.1) is 5.92 Å². The highest BCUT2D eigenvalue weighted by Crippen LogP contribution is 2.30. The summed E-state index contributed by atoms with van der Waals surface area (Å²) in [6.45, 7) is 10.6. The molecule has 5 heterocycles. The molecule has 0 unspecified atom stereocenters. The molecule has 0 radical (unpaired) electrons. The highest BCUT2D eigenvalue weighted by molar-refractivity contribution is 5.87. The fourth-order valence-electron chi connectivity index (χ4n) is 5.41. The Kier molecular flexibility index (Phi) is 9.86. The van der Waals surface area contributed by atoms with Gasteiger partial charge in [-0.3, -0.25) is 14.5 Å². The number of hydrogen-bond donors (Lipinski definition) is 2. The SMILES string of the molecule is C=CC(=O)N1CCC(C(=O)NCCN2CCN(c3nc(-c4cnc(N)nc4C(F)F)nc(N4CCOCC4)n3)CC2)CC1. The Bertz CT molecular complexity index is 1290. The van der Waals surface area contributed by atoms with Crippen molar-refractivity contribution in [2.75, 3.05) is 94.2 Å². The van der Waals surface area contributed by atoms with E-state index in [1.165, 1.54) is 12.3 Å². The van der Waals surface area contributed by atoms with Gasteiger partial charge in [0.05, 0.1) is 18.8 Å². The van der Waals surface area contributed by atoms with Crippen molar-refractivity contribution < 1.29 is 23.1 Å². The number of piperidine rings is 1. The molecule has 3 saturated heterocycles. The number of amides is 2. The Hall–Kier alpha value is -4.05. The number of nitrogens with zero attached hydrogens (tertiary/aromatic N) is 9. The number of morpholine rings is 1. The molecule has 3 aliphatic heterocycles. The van der Waals surface area contributed by atoms with Crippen LogP contribution in [0.15, 0.2) is 18.9 Å². The Balaban J connectivity index is 1.20. The van der Waals surface area contributed by atoms with Crippen molar-refractivity contribution in [2.24, 2.45) is 5.92 Å². The summed E-state index contributed by atoms with van der Waals surface area (Å²) in [4.78, 5) is 53.8. The predicted octanol–water partition coefficient (Wildman–Crippen LogP) is 0.348. The number of hydrogen-bond acceptors (Lipinski definition) is 12. The lowest BCUT2D eigenvalue weighted by Gasteiger charge is -2.35. The molecule has 14 nitrogen and oxygen atoms in total. The number of rotatable bonds is 9. The molecule has 2 amide bonds. The number of carbonyl (C=O) groups is 2. The molecule has 0 aromatic carbocycles. The van der Waals surface area contributed by atoms with E-state index in [1.807, 2.05) is 9.80 Å². The Morgan fingerprint density at radius 3 is 2.28 bits per heavy atom. The molecule has 3 N–H and O–H groups in total. The van der Waals surface area contributed by atoms with Gasteiger partial charge in [-0.25, -0.2) is 18.7 Å². The van der Waals surface area contributed by atoms with E-state index in [-0.39, 0.29) is 35.1 Å². The minimum Gasteiger partial charge on any atom is -0.378 e. The van der Waals surface area contributed by atoms with Gasteiger partial charge >= 0.3 is 0 Å². The fourth-order valence-corrected chi connectivity index (χ4v) is 5.41. The number of nitrogens with one attached hydrogen (secondary N) is 1. The summed E-state index contributed by atoms with van der Waals surface area (Å²) >= 11 is 0. The van der Waals surface area contributed by atoms with Crippen LogP contribution in [-0.2, 0) is 14.3 Å². The first kappa shape index (κ1) is 30.4. The van der Waals surface area contributed by atoms with Gasteiger partial charge in [-0.1, -0.05) is 6.58 Å². The van der Waals surface area contributed by atoms with E-state index in [0.29, 0.717) is 103 Å². The van der Waals surface area contributed by atoms with Crippen molar-refractivity contribution in [2.45, 2.75) is 19.3 Å². The molecule has 2 aromatic rings. The zero-order valence-corrected chi connectivity index (χ0v) is 24.0. The van der Waals surface area contributed by atoms with E-state index in [9.17, 15) is 18.4 Å². The minimum atomic E-state index is -2.88. The Morgan fingerprint density at radius 1 is 1.00 bits per heavy atom. The molecule has 0 aliphatic carbocycles. The van der Waals surface area contributed by atoms with Gasteiger partial charge < -0.3 is 30.5 Å². The van der Waals surface area contributed by atoms with Crippen LogP contribution in [-0.4, -0.2) is 125 Å². The van der Waals surface area contributed by atoms with Gasteiger partial charge in [0.1, 0.15) is 5.69 Å². The summed E-state index contributed by atoms with van der Waals surface area (Å²) in [6, 6.07) is 0. The van der Waals surface area contributed by atoms with Gasteiger partial charge in [0, 0.05) is 77.6 Å². The number of alkyl halides is 2. The van der Waals surface area contributed by atoms with Crippen LogP contribution in [0.5, 0.6) is 0 Å². The maximum absolute atomic E-state index is 13.9. The second-order valence-electron chi connectivity index (χ2n) is 10.6. The summed E-state index contributed by atoms with van der Waals surface area (Å²) in [6.07, 6.45) is 0.937. The number of ether oxygens (including phenoxy) is 1. The van der Waals surface area contributed by atoms with Gasteiger partial charge in [0.2, 0.25) is 29.7 Å². The zero-order chi connectivity index (χ0) is 30.3. The van der Waals surface area contributed by atoms with Crippen LogP contribution in [0.25, 0.3) is 11.4 Å². The lowest BCUT2D eigenvalue weighted by molar-refractivity contribution is -0.132. The van der Waals surface area contributed by atoms with Crippen molar-refractivity contribution in [3.8, 4) is 11.4 Å². The second kappa shape index (κ2) is 13.9. The Labute approximate surface area is 248 Å². The van der Waals surface area contributed by atoms with Crippen molar-refractivity contribution in [1.29, 1.82) is 0 Å². The van der Waals surface area contributed by atoms with Crippen LogP contribution in [0.4, 0.5) is 26.6 Å². The topological polar surface area (TPSA) is 159 Å². The summed E-state index contributed by atoms with van der Waals surface area (Å²) in [7, 11) is 0. The van der Waals surface area contributed by atoms with Gasteiger partial charge in [-0.05, 0) is 18.9 Å². The molecular weight excluding hydrogens is 564 g/mol. The monoisotopic (exact) mass is 601 g/mol. The molecule has 3 fully saturated rings.